The van der Waals surface area contributed by atoms with E-state index in [1.165, 1.54) is 0 Å². The third-order valence-electron chi connectivity index (χ3n) is 2.78. The highest BCUT2D eigenvalue weighted by Gasteiger charge is 2.18. The van der Waals surface area contributed by atoms with Gasteiger partial charge in [0.1, 0.15) is 5.69 Å². The quantitative estimate of drug-likeness (QED) is 0.862. The summed E-state index contributed by atoms with van der Waals surface area (Å²) in [5.74, 6) is 0.0352. The first-order chi connectivity index (χ1) is 7.95. The zero-order valence-corrected chi connectivity index (χ0v) is 10.9. The molecule has 5 nitrogen and oxygen atoms in total. The summed E-state index contributed by atoms with van der Waals surface area (Å²) in [7, 11) is 1.79. The van der Waals surface area contributed by atoms with Gasteiger partial charge in [0.15, 0.2) is 0 Å². The lowest BCUT2D eigenvalue weighted by Gasteiger charge is -2.24. The number of nitrogen functional groups attached to an aromatic ring is 1. The number of rotatable bonds is 4. The van der Waals surface area contributed by atoms with Gasteiger partial charge in [-0.15, -0.1) is 0 Å². The van der Waals surface area contributed by atoms with Gasteiger partial charge in [-0.3, -0.25) is 4.79 Å². The Bertz CT molecular complexity index is 385. The molecule has 0 aliphatic heterocycles. The van der Waals surface area contributed by atoms with Crippen molar-refractivity contribution in [1.82, 2.24) is 14.9 Å². The van der Waals surface area contributed by atoms with Crippen molar-refractivity contribution in [1.29, 1.82) is 0 Å². The second kappa shape index (κ2) is 5.61. The SMILES string of the molecule is CCCC(C)N(C)C(=O)c1cc(C)nc(N)n1. The molecule has 1 aromatic heterocycles. The second-order valence-corrected chi connectivity index (χ2v) is 4.31. The van der Waals surface area contributed by atoms with Crippen molar-refractivity contribution < 1.29 is 4.79 Å². The van der Waals surface area contributed by atoms with Gasteiger partial charge in [0.25, 0.3) is 5.91 Å². The maximum absolute atomic E-state index is 12.1. The highest BCUT2D eigenvalue weighted by atomic mass is 16.2. The Hall–Kier alpha value is -1.65. The summed E-state index contributed by atoms with van der Waals surface area (Å²) in [4.78, 5) is 21.8. The van der Waals surface area contributed by atoms with E-state index in [-0.39, 0.29) is 17.9 Å². The van der Waals surface area contributed by atoms with Crippen molar-refractivity contribution in [2.24, 2.45) is 0 Å². The normalized spacial score (nSPS) is 12.2. The monoisotopic (exact) mass is 236 g/mol. The Balaban J connectivity index is 2.88. The van der Waals surface area contributed by atoms with Crippen LogP contribution >= 0.6 is 0 Å². The number of carbonyl (C=O) groups is 1. The molecule has 0 radical (unpaired) electrons. The van der Waals surface area contributed by atoms with Crippen LogP contribution in [0.1, 0.15) is 42.9 Å². The lowest BCUT2D eigenvalue weighted by molar-refractivity contribution is 0.0730. The van der Waals surface area contributed by atoms with Crippen molar-refractivity contribution in [3.63, 3.8) is 0 Å². The van der Waals surface area contributed by atoms with E-state index < -0.39 is 0 Å². The van der Waals surface area contributed by atoms with Gasteiger partial charge in [-0.1, -0.05) is 13.3 Å². The van der Waals surface area contributed by atoms with Crippen LogP contribution in [0.25, 0.3) is 0 Å². The van der Waals surface area contributed by atoms with Crippen LogP contribution in [0.5, 0.6) is 0 Å². The summed E-state index contributed by atoms with van der Waals surface area (Å²) in [5.41, 5.74) is 6.61. The molecule has 0 spiro atoms. The number of anilines is 1. The average Bonchev–Trinajstić information content (AvgIpc) is 2.26. The maximum atomic E-state index is 12.1. The molecule has 0 bridgehead atoms. The van der Waals surface area contributed by atoms with Crippen LogP contribution in [0.3, 0.4) is 0 Å². The molecular weight excluding hydrogens is 216 g/mol. The highest BCUT2D eigenvalue weighted by Crippen LogP contribution is 2.10. The minimum absolute atomic E-state index is 0.108. The van der Waals surface area contributed by atoms with Gasteiger partial charge in [-0.2, -0.15) is 0 Å². The van der Waals surface area contributed by atoms with Crippen LogP contribution in [0, 0.1) is 6.92 Å². The van der Waals surface area contributed by atoms with E-state index >= 15 is 0 Å². The number of hydrogen-bond donors (Lipinski definition) is 1. The number of hydrogen-bond acceptors (Lipinski definition) is 4. The number of aromatic nitrogens is 2. The molecule has 1 unspecified atom stereocenters. The molecule has 0 aliphatic rings. The molecule has 94 valence electrons. The zero-order valence-electron chi connectivity index (χ0n) is 10.9. The molecule has 17 heavy (non-hydrogen) atoms. The van der Waals surface area contributed by atoms with Crippen LogP contribution in [0.15, 0.2) is 6.07 Å². The van der Waals surface area contributed by atoms with Gasteiger partial charge in [-0.05, 0) is 26.3 Å². The number of aryl methyl sites for hydroxylation is 1. The number of nitrogens with two attached hydrogens (primary N) is 1. The molecule has 1 amide bonds. The topological polar surface area (TPSA) is 72.1 Å². The Morgan fingerprint density at radius 3 is 2.71 bits per heavy atom. The summed E-state index contributed by atoms with van der Waals surface area (Å²) < 4.78 is 0. The maximum Gasteiger partial charge on any atom is 0.272 e. The Morgan fingerprint density at radius 2 is 2.18 bits per heavy atom. The molecule has 0 aromatic carbocycles. The highest BCUT2D eigenvalue weighted by molar-refractivity contribution is 5.92. The van der Waals surface area contributed by atoms with Gasteiger partial charge in [0.05, 0.1) is 0 Å². The minimum atomic E-state index is -0.108. The van der Waals surface area contributed by atoms with Crippen LogP contribution < -0.4 is 5.73 Å². The van der Waals surface area contributed by atoms with Gasteiger partial charge < -0.3 is 10.6 Å². The largest absolute Gasteiger partial charge is 0.368 e. The standard InChI is InChI=1S/C12H20N4O/c1-5-6-9(3)16(4)11(17)10-7-8(2)14-12(13)15-10/h7,9H,5-6H2,1-4H3,(H2,13,14,15). The van der Waals surface area contributed by atoms with E-state index in [2.05, 4.69) is 16.9 Å². The lowest BCUT2D eigenvalue weighted by Crippen LogP contribution is -2.35. The van der Waals surface area contributed by atoms with Crippen molar-refractivity contribution in [2.75, 3.05) is 12.8 Å². The summed E-state index contributed by atoms with van der Waals surface area (Å²) in [6.45, 7) is 5.92. The van der Waals surface area contributed by atoms with Crippen molar-refractivity contribution in [3.05, 3.63) is 17.5 Å². The van der Waals surface area contributed by atoms with Crippen molar-refractivity contribution in [3.8, 4) is 0 Å². The van der Waals surface area contributed by atoms with E-state index in [0.717, 1.165) is 12.8 Å². The third kappa shape index (κ3) is 3.41. The fourth-order valence-electron chi connectivity index (χ4n) is 1.69. The van der Waals surface area contributed by atoms with Crippen molar-refractivity contribution in [2.45, 2.75) is 39.7 Å². The van der Waals surface area contributed by atoms with Gasteiger partial charge in [0, 0.05) is 18.8 Å². The fraction of sp³-hybridized carbons (Fsp3) is 0.583. The molecule has 1 atom stereocenters. The van der Waals surface area contributed by atoms with Crippen LogP contribution in [-0.2, 0) is 0 Å². The van der Waals surface area contributed by atoms with Crippen LogP contribution in [-0.4, -0.2) is 33.9 Å². The van der Waals surface area contributed by atoms with Crippen LogP contribution in [0.2, 0.25) is 0 Å². The molecule has 5 heteroatoms. The number of carbonyl (C=O) groups excluding carboxylic acids is 1. The number of nitrogens with zero attached hydrogens (tertiary/aromatic N) is 3. The van der Waals surface area contributed by atoms with E-state index in [1.54, 1.807) is 24.9 Å². The summed E-state index contributed by atoms with van der Waals surface area (Å²) in [5, 5.41) is 0. The van der Waals surface area contributed by atoms with E-state index in [1.807, 2.05) is 6.92 Å². The van der Waals surface area contributed by atoms with Gasteiger partial charge >= 0.3 is 0 Å². The third-order valence-corrected chi connectivity index (χ3v) is 2.78. The van der Waals surface area contributed by atoms with E-state index in [0.29, 0.717) is 11.4 Å². The second-order valence-electron chi connectivity index (χ2n) is 4.31. The van der Waals surface area contributed by atoms with Crippen LogP contribution in [0.4, 0.5) is 5.95 Å². The summed E-state index contributed by atoms with van der Waals surface area (Å²) >= 11 is 0. The first-order valence-corrected chi connectivity index (χ1v) is 5.84. The summed E-state index contributed by atoms with van der Waals surface area (Å²) in [6.07, 6.45) is 2.02. The first kappa shape index (κ1) is 13.4. The van der Waals surface area contributed by atoms with E-state index in [9.17, 15) is 4.79 Å². The molecule has 1 aromatic rings. The lowest BCUT2D eigenvalue weighted by atomic mass is 10.1. The molecule has 0 fully saturated rings. The molecule has 1 heterocycles. The van der Waals surface area contributed by atoms with Crippen molar-refractivity contribution >= 4 is 11.9 Å². The van der Waals surface area contributed by atoms with Gasteiger partial charge in [0.2, 0.25) is 5.95 Å². The zero-order chi connectivity index (χ0) is 13.0. The molecule has 2 N–H and O–H groups in total. The molecule has 0 saturated heterocycles. The van der Waals surface area contributed by atoms with E-state index in [4.69, 9.17) is 5.73 Å². The fourth-order valence-corrected chi connectivity index (χ4v) is 1.69. The summed E-state index contributed by atoms with van der Waals surface area (Å²) in [6, 6.07) is 1.86. The average molecular weight is 236 g/mol. The number of amides is 1. The molecule has 0 saturated carbocycles. The minimum Gasteiger partial charge on any atom is -0.368 e. The molecule has 0 aliphatic carbocycles. The smallest absolute Gasteiger partial charge is 0.272 e. The Labute approximate surface area is 102 Å². The molecular formula is C12H20N4O. The Kier molecular flexibility index (Phi) is 4.43. The predicted molar refractivity (Wildman–Crippen MR) is 67.6 cm³/mol. The Morgan fingerprint density at radius 1 is 1.53 bits per heavy atom. The first-order valence-electron chi connectivity index (χ1n) is 5.84. The molecule has 1 rings (SSSR count). The van der Waals surface area contributed by atoms with Gasteiger partial charge in [-0.25, -0.2) is 9.97 Å². The predicted octanol–water partition coefficient (Wildman–Crippen LogP) is 1.63.